The molecule has 3 atom stereocenters. The van der Waals surface area contributed by atoms with Crippen LogP contribution in [0.1, 0.15) is 45.4 Å². The minimum Gasteiger partial charge on any atom is -0.458 e. The van der Waals surface area contributed by atoms with Crippen molar-refractivity contribution in [2.75, 3.05) is 6.61 Å². The van der Waals surface area contributed by atoms with Gasteiger partial charge in [-0.15, -0.1) is 0 Å². The van der Waals surface area contributed by atoms with Gasteiger partial charge in [-0.1, -0.05) is 30.9 Å². The number of aliphatic hydroxyl groups excluding tert-OH is 2. The molecule has 24 heavy (non-hydrogen) atoms. The highest BCUT2D eigenvalue weighted by Crippen LogP contribution is 2.34. The van der Waals surface area contributed by atoms with Gasteiger partial charge in [-0.2, -0.15) is 0 Å². The summed E-state index contributed by atoms with van der Waals surface area (Å²) in [5.41, 5.74) is 3.38. The Kier molecular flexibility index (Phi) is 6.58. The van der Waals surface area contributed by atoms with Crippen LogP contribution in [0.25, 0.3) is 0 Å². The lowest BCUT2D eigenvalue weighted by atomic mass is 9.88. The molecular weight excluding hydrogens is 304 g/mol. The second-order valence-electron chi connectivity index (χ2n) is 6.84. The topological polar surface area (TPSA) is 66.8 Å². The molecule has 0 aromatic carbocycles. The summed E-state index contributed by atoms with van der Waals surface area (Å²) < 4.78 is 5.49. The third-order valence-corrected chi connectivity index (χ3v) is 4.97. The van der Waals surface area contributed by atoms with Crippen LogP contribution in [0.3, 0.4) is 0 Å². The number of hydrogen-bond donors (Lipinski definition) is 2. The van der Waals surface area contributed by atoms with Gasteiger partial charge in [0.1, 0.15) is 6.10 Å². The highest BCUT2D eigenvalue weighted by molar-refractivity contribution is 5.90. The first-order chi connectivity index (χ1) is 11.4. The average Bonchev–Trinajstić information content (AvgIpc) is 2.80. The Morgan fingerprint density at radius 2 is 2.04 bits per heavy atom. The number of ether oxygens (including phenoxy) is 1. The van der Waals surface area contributed by atoms with Crippen LogP contribution in [0.2, 0.25) is 0 Å². The number of fused-ring (bicyclic) bond motifs is 1. The Bertz CT molecular complexity index is 570. The maximum Gasteiger partial charge on any atom is 0.334 e. The normalized spacial score (nSPS) is 34.5. The number of carbonyl (C=O) groups excluding carboxylic acids is 1. The molecule has 2 rings (SSSR count). The van der Waals surface area contributed by atoms with Crippen molar-refractivity contribution in [3.8, 4) is 0 Å². The molecule has 0 bridgehead atoms. The van der Waals surface area contributed by atoms with Gasteiger partial charge in [0.05, 0.1) is 12.7 Å². The summed E-state index contributed by atoms with van der Waals surface area (Å²) in [6.45, 7) is 9.84. The van der Waals surface area contributed by atoms with Crippen LogP contribution in [0, 0.1) is 5.92 Å². The lowest BCUT2D eigenvalue weighted by Gasteiger charge is -2.19. The number of carbonyl (C=O) groups is 1. The third-order valence-electron chi connectivity index (χ3n) is 4.97. The van der Waals surface area contributed by atoms with Gasteiger partial charge in [-0.3, -0.25) is 0 Å². The summed E-state index contributed by atoms with van der Waals surface area (Å²) in [6.07, 6.45) is 7.39. The summed E-state index contributed by atoms with van der Waals surface area (Å²) in [6, 6.07) is 0. The summed E-state index contributed by atoms with van der Waals surface area (Å²) >= 11 is 0. The monoisotopic (exact) mass is 332 g/mol. The summed E-state index contributed by atoms with van der Waals surface area (Å²) in [5.74, 6) is -0.366. The van der Waals surface area contributed by atoms with Crippen molar-refractivity contribution >= 4 is 5.97 Å². The minimum absolute atomic E-state index is 0.0448. The molecule has 0 unspecified atom stereocenters. The summed E-state index contributed by atoms with van der Waals surface area (Å²) in [4.78, 5) is 11.9. The van der Waals surface area contributed by atoms with Crippen LogP contribution in [-0.2, 0) is 9.53 Å². The Labute approximate surface area is 144 Å². The van der Waals surface area contributed by atoms with E-state index in [1.165, 1.54) is 5.57 Å². The first kappa shape index (κ1) is 18.7. The van der Waals surface area contributed by atoms with Gasteiger partial charge >= 0.3 is 5.97 Å². The fourth-order valence-corrected chi connectivity index (χ4v) is 3.29. The van der Waals surface area contributed by atoms with E-state index in [2.05, 4.69) is 19.2 Å². The fraction of sp³-hybridized carbons (Fsp3) is 0.550. The molecule has 1 saturated heterocycles. The third kappa shape index (κ3) is 4.68. The molecule has 0 amide bonds. The number of aliphatic hydroxyl groups is 2. The molecule has 1 aliphatic carbocycles. The zero-order chi connectivity index (χ0) is 17.7. The van der Waals surface area contributed by atoms with Crippen LogP contribution in [0.5, 0.6) is 0 Å². The van der Waals surface area contributed by atoms with Crippen LogP contribution in [0.4, 0.5) is 0 Å². The van der Waals surface area contributed by atoms with Crippen molar-refractivity contribution in [1.82, 2.24) is 0 Å². The van der Waals surface area contributed by atoms with Crippen molar-refractivity contribution in [3.63, 3.8) is 0 Å². The molecule has 1 heterocycles. The van der Waals surface area contributed by atoms with E-state index in [0.717, 1.165) is 24.0 Å². The molecule has 2 aliphatic rings. The highest BCUT2D eigenvalue weighted by Gasteiger charge is 2.37. The van der Waals surface area contributed by atoms with Crippen LogP contribution < -0.4 is 0 Å². The molecule has 0 aromatic heterocycles. The molecule has 0 aromatic rings. The van der Waals surface area contributed by atoms with Gasteiger partial charge in [0.25, 0.3) is 0 Å². The SMILES string of the molecule is C=C1C(=O)O[C@H]2C/C(C)=C/CCC(=C)[C@@H](O)CC/C(CO)=C\C[C@H]12. The van der Waals surface area contributed by atoms with Crippen LogP contribution >= 0.6 is 0 Å². The van der Waals surface area contributed by atoms with E-state index in [9.17, 15) is 15.0 Å². The largest absolute Gasteiger partial charge is 0.458 e. The number of esters is 1. The van der Waals surface area contributed by atoms with Gasteiger partial charge in [-0.05, 0) is 50.2 Å². The maximum atomic E-state index is 11.9. The van der Waals surface area contributed by atoms with Crippen LogP contribution in [0.15, 0.2) is 47.6 Å². The van der Waals surface area contributed by atoms with E-state index >= 15 is 0 Å². The number of allylic oxidation sites excluding steroid dienone is 2. The minimum atomic E-state index is -0.546. The lowest BCUT2D eigenvalue weighted by molar-refractivity contribution is -0.139. The number of rotatable bonds is 1. The van der Waals surface area contributed by atoms with E-state index in [1.54, 1.807) is 0 Å². The van der Waals surface area contributed by atoms with Gasteiger partial charge in [0.2, 0.25) is 0 Å². The van der Waals surface area contributed by atoms with E-state index in [4.69, 9.17) is 4.74 Å². The molecule has 1 aliphatic heterocycles. The first-order valence-electron chi connectivity index (χ1n) is 8.62. The highest BCUT2D eigenvalue weighted by atomic mass is 16.6. The second kappa shape index (κ2) is 8.45. The zero-order valence-electron chi connectivity index (χ0n) is 14.5. The average molecular weight is 332 g/mol. The van der Waals surface area contributed by atoms with Gasteiger partial charge in [0, 0.05) is 17.9 Å². The molecule has 132 valence electrons. The van der Waals surface area contributed by atoms with E-state index in [1.807, 2.05) is 13.0 Å². The Morgan fingerprint density at radius 3 is 2.75 bits per heavy atom. The Morgan fingerprint density at radius 1 is 1.29 bits per heavy atom. The van der Waals surface area contributed by atoms with Crippen molar-refractivity contribution in [1.29, 1.82) is 0 Å². The maximum absolute atomic E-state index is 11.9. The standard InChI is InChI=1S/C20H28O4/c1-13-5-4-6-14(2)18(22)10-8-16(12-21)7-9-17-15(3)20(23)24-19(17)11-13/h5,7,17-19,21-22H,2-4,6,8-12H2,1H3/b13-5+,16-7+/t17-,18+,19+/m1/s1. The summed E-state index contributed by atoms with van der Waals surface area (Å²) in [5, 5.41) is 19.7. The summed E-state index contributed by atoms with van der Waals surface area (Å²) in [7, 11) is 0. The van der Waals surface area contributed by atoms with E-state index in [-0.39, 0.29) is 24.6 Å². The van der Waals surface area contributed by atoms with Gasteiger partial charge < -0.3 is 14.9 Å². The Hall–Kier alpha value is -1.65. The molecule has 1 fully saturated rings. The molecule has 4 nitrogen and oxygen atoms in total. The van der Waals surface area contributed by atoms with Crippen molar-refractivity contribution in [2.24, 2.45) is 5.92 Å². The fourth-order valence-electron chi connectivity index (χ4n) is 3.29. The molecule has 4 heteroatoms. The predicted octanol–water partition coefficient (Wildman–Crippen LogP) is 3.22. The molecule has 0 radical (unpaired) electrons. The molecule has 0 saturated carbocycles. The molecule has 0 spiro atoms. The number of hydrogen-bond acceptors (Lipinski definition) is 4. The predicted molar refractivity (Wildman–Crippen MR) is 94.3 cm³/mol. The lowest BCUT2D eigenvalue weighted by Crippen LogP contribution is -2.17. The second-order valence-corrected chi connectivity index (χ2v) is 6.84. The first-order valence-corrected chi connectivity index (χ1v) is 8.62. The Balaban J connectivity index is 2.22. The van der Waals surface area contributed by atoms with Crippen molar-refractivity contribution < 1.29 is 19.7 Å². The van der Waals surface area contributed by atoms with E-state index in [0.29, 0.717) is 31.3 Å². The molecular formula is C20H28O4. The van der Waals surface area contributed by atoms with Crippen molar-refractivity contribution in [2.45, 2.75) is 57.7 Å². The van der Waals surface area contributed by atoms with Gasteiger partial charge in [-0.25, -0.2) is 4.79 Å². The zero-order valence-corrected chi connectivity index (χ0v) is 14.5. The van der Waals surface area contributed by atoms with Crippen LogP contribution in [-0.4, -0.2) is 35.0 Å². The van der Waals surface area contributed by atoms with Crippen molar-refractivity contribution in [3.05, 3.63) is 47.6 Å². The molecule has 2 N–H and O–H groups in total. The smallest absolute Gasteiger partial charge is 0.334 e. The van der Waals surface area contributed by atoms with E-state index < -0.39 is 6.10 Å². The quantitative estimate of drug-likeness (QED) is 0.439. The van der Waals surface area contributed by atoms with Gasteiger partial charge in [0.15, 0.2) is 0 Å².